The maximum atomic E-state index is 12.8. The number of amides is 1. The molecule has 32 heavy (non-hydrogen) atoms. The van der Waals surface area contributed by atoms with Crippen LogP contribution in [0.4, 0.5) is 5.00 Å². The van der Waals surface area contributed by atoms with Gasteiger partial charge in [0, 0.05) is 20.2 Å². The minimum atomic E-state index is -0.584. The van der Waals surface area contributed by atoms with E-state index in [1.165, 1.54) is 18.2 Å². The Kier molecular flexibility index (Phi) is 8.38. The van der Waals surface area contributed by atoms with E-state index in [9.17, 15) is 14.4 Å². The van der Waals surface area contributed by atoms with Crippen molar-refractivity contribution in [1.29, 1.82) is 0 Å². The molecule has 2 aromatic rings. The van der Waals surface area contributed by atoms with Crippen LogP contribution < -0.4 is 5.32 Å². The third-order valence-corrected chi connectivity index (χ3v) is 6.35. The molecular weight excluding hydrogens is 432 g/mol. The summed E-state index contributed by atoms with van der Waals surface area (Å²) in [5.41, 5.74) is 3.14. The lowest BCUT2D eigenvalue weighted by molar-refractivity contribution is -0.117. The van der Waals surface area contributed by atoms with E-state index in [2.05, 4.69) is 22.3 Å². The first kappa shape index (κ1) is 23.9. The number of methoxy groups -OCH3 is 1. The number of esters is 2. The van der Waals surface area contributed by atoms with Gasteiger partial charge in [0.1, 0.15) is 16.5 Å². The van der Waals surface area contributed by atoms with E-state index in [0.29, 0.717) is 17.1 Å². The number of anilines is 1. The molecule has 0 atom stereocenters. The van der Waals surface area contributed by atoms with E-state index in [-0.39, 0.29) is 42.7 Å². The number of carbonyl (C=O) groups excluding carboxylic acids is 3. The normalized spacial score (nSPS) is 13.3. The highest BCUT2D eigenvalue weighted by atomic mass is 32.1. The van der Waals surface area contributed by atoms with Crippen molar-refractivity contribution in [2.24, 2.45) is 0 Å². The van der Waals surface area contributed by atoms with Crippen LogP contribution in [0.25, 0.3) is 0 Å². The van der Waals surface area contributed by atoms with Gasteiger partial charge in [-0.05, 0) is 37.0 Å². The molecule has 0 saturated carbocycles. The minimum absolute atomic E-state index is 0.0968. The Balaban J connectivity index is 1.73. The first-order chi connectivity index (χ1) is 15.4. The van der Waals surface area contributed by atoms with Crippen molar-refractivity contribution in [3.05, 3.63) is 51.4 Å². The zero-order valence-electron chi connectivity index (χ0n) is 18.6. The summed E-state index contributed by atoms with van der Waals surface area (Å²) in [7, 11) is 1.51. The van der Waals surface area contributed by atoms with Gasteiger partial charge in [0.2, 0.25) is 5.91 Å². The fourth-order valence-electron chi connectivity index (χ4n) is 3.59. The summed E-state index contributed by atoms with van der Waals surface area (Å²) in [4.78, 5) is 40.1. The first-order valence-corrected chi connectivity index (χ1v) is 11.3. The van der Waals surface area contributed by atoms with Gasteiger partial charge in [-0.2, -0.15) is 0 Å². The molecule has 1 aromatic carbocycles. The molecule has 0 radical (unpaired) electrons. The number of hydrogen-bond acceptors (Lipinski definition) is 8. The van der Waals surface area contributed by atoms with Crippen molar-refractivity contribution >= 4 is 34.2 Å². The van der Waals surface area contributed by atoms with Crippen molar-refractivity contribution in [2.45, 2.75) is 26.8 Å². The molecule has 1 amide bonds. The number of hydrogen-bond donors (Lipinski definition) is 1. The van der Waals surface area contributed by atoms with E-state index in [0.717, 1.165) is 24.3 Å². The average molecular weight is 461 g/mol. The lowest BCUT2D eigenvalue weighted by atomic mass is 10.00. The Bertz CT molecular complexity index is 987. The topological polar surface area (TPSA) is 94.2 Å². The van der Waals surface area contributed by atoms with Crippen molar-refractivity contribution < 1.29 is 28.6 Å². The Labute approximate surface area is 191 Å². The molecule has 3 rings (SSSR count). The van der Waals surface area contributed by atoms with Crippen LogP contribution in [-0.2, 0) is 32.0 Å². The molecule has 8 nitrogen and oxygen atoms in total. The molecule has 0 unspecified atom stereocenters. The summed E-state index contributed by atoms with van der Waals surface area (Å²) in [5, 5.41) is 3.10. The van der Waals surface area contributed by atoms with Crippen molar-refractivity contribution in [3.63, 3.8) is 0 Å². The lowest BCUT2D eigenvalue weighted by Crippen LogP contribution is -2.37. The molecule has 2 heterocycles. The highest BCUT2D eigenvalue weighted by Gasteiger charge is 2.28. The van der Waals surface area contributed by atoms with Gasteiger partial charge in [0.15, 0.2) is 0 Å². The molecule has 172 valence electrons. The molecule has 0 saturated heterocycles. The predicted molar refractivity (Wildman–Crippen MR) is 121 cm³/mol. The van der Waals surface area contributed by atoms with Crippen LogP contribution >= 0.6 is 11.3 Å². The first-order valence-electron chi connectivity index (χ1n) is 10.5. The SMILES string of the molecule is CCOC(=O)c1c(NC(=O)CN2CCc3ccccc3C2)sc(C(=O)OCCOC)c1C. The number of carbonyl (C=O) groups is 3. The smallest absolute Gasteiger partial charge is 0.348 e. The minimum Gasteiger partial charge on any atom is -0.462 e. The van der Waals surface area contributed by atoms with E-state index in [1.807, 2.05) is 12.1 Å². The van der Waals surface area contributed by atoms with Crippen molar-refractivity contribution in [2.75, 3.05) is 45.3 Å². The van der Waals surface area contributed by atoms with Crippen molar-refractivity contribution in [3.8, 4) is 0 Å². The zero-order chi connectivity index (χ0) is 23.1. The van der Waals surface area contributed by atoms with Crippen LogP contribution in [0.15, 0.2) is 24.3 Å². The number of benzene rings is 1. The van der Waals surface area contributed by atoms with E-state index >= 15 is 0 Å². The monoisotopic (exact) mass is 460 g/mol. The van der Waals surface area contributed by atoms with Gasteiger partial charge in [0.25, 0.3) is 0 Å². The average Bonchev–Trinajstić information content (AvgIpc) is 3.09. The Hall–Kier alpha value is -2.75. The Morgan fingerprint density at radius 2 is 1.84 bits per heavy atom. The van der Waals surface area contributed by atoms with E-state index in [4.69, 9.17) is 14.2 Å². The molecule has 1 aliphatic rings. The van der Waals surface area contributed by atoms with Gasteiger partial charge in [0.05, 0.1) is 25.3 Å². The van der Waals surface area contributed by atoms with Gasteiger partial charge < -0.3 is 19.5 Å². The Morgan fingerprint density at radius 3 is 2.56 bits per heavy atom. The maximum absolute atomic E-state index is 12.8. The second kappa shape index (κ2) is 11.2. The van der Waals surface area contributed by atoms with E-state index in [1.54, 1.807) is 13.8 Å². The van der Waals surface area contributed by atoms with Gasteiger partial charge in [-0.25, -0.2) is 9.59 Å². The Morgan fingerprint density at radius 1 is 1.09 bits per heavy atom. The van der Waals surface area contributed by atoms with E-state index < -0.39 is 11.9 Å². The van der Waals surface area contributed by atoms with Crippen LogP contribution in [0.2, 0.25) is 0 Å². The van der Waals surface area contributed by atoms with Crippen LogP contribution in [0, 0.1) is 6.92 Å². The van der Waals surface area contributed by atoms with Crippen LogP contribution in [0.3, 0.4) is 0 Å². The molecule has 0 aliphatic carbocycles. The highest BCUT2D eigenvalue weighted by molar-refractivity contribution is 7.18. The molecule has 1 aromatic heterocycles. The molecule has 1 N–H and O–H groups in total. The quantitative estimate of drug-likeness (QED) is 0.454. The molecule has 1 aliphatic heterocycles. The fourth-order valence-corrected chi connectivity index (χ4v) is 4.69. The summed E-state index contributed by atoms with van der Waals surface area (Å²) < 4.78 is 15.2. The van der Waals surface area contributed by atoms with Crippen LogP contribution in [0.5, 0.6) is 0 Å². The molecular formula is C23H28N2O6S. The third kappa shape index (κ3) is 5.73. The number of nitrogens with zero attached hydrogens (tertiary/aromatic N) is 1. The number of thiophene rings is 1. The summed E-state index contributed by atoms with van der Waals surface area (Å²) in [5.74, 6) is -1.40. The fraction of sp³-hybridized carbons (Fsp3) is 0.435. The summed E-state index contributed by atoms with van der Waals surface area (Å²) in [6.07, 6.45) is 0.882. The summed E-state index contributed by atoms with van der Waals surface area (Å²) in [6, 6.07) is 8.20. The third-order valence-electron chi connectivity index (χ3n) is 5.16. The molecule has 0 spiro atoms. The summed E-state index contributed by atoms with van der Waals surface area (Å²) in [6.45, 7) is 5.54. The zero-order valence-corrected chi connectivity index (χ0v) is 19.4. The van der Waals surface area contributed by atoms with Gasteiger partial charge >= 0.3 is 11.9 Å². The number of ether oxygens (including phenoxy) is 3. The number of fused-ring (bicyclic) bond motifs is 1. The molecule has 0 fully saturated rings. The summed E-state index contributed by atoms with van der Waals surface area (Å²) >= 11 is 1.02. The van der Waals surface area contributed by atoms with Crippen LogP contribution in [0.1, 0.15) is 43.6 Å². The number of rotatable bonds is 9. The molecule has 9 heteroatoms. The van der Waals surface area contributed by atoms with Crippen LogP contribution in [-0.4, -0.2) is 62.8 Å². The largest absolute Gasteiger partial charge is 0.462 e. The standard InChI is InChI=1S/C23H28N2O6S/c1-4-30-22(27)19-15(2)20(23(28)31-12-11-29-3)32-21(19)24-18(26)14-25-10-9-16-7-5-6-8-17(16)13-25/h5-8H,4,9-14H2,1-3H3,(H,24,26). The second-order valence-electron chi connectivity index (χ2n) is 7.39. The maximum Gasteiger partial charge on any atom is 0.348 e. The van der Waals surface area contributed by atoms with Gasteiger partial charge in [-0.15, -0.1) is 11.3 Å². The second-order valence-corrected chi connectivity index (χ2v) is 8.41. The predicted octanol–water partition coefficient (Wildman–Crippen LogP) is 3.03. The van der Waals surface area contributed by atoms with Gasteiger partial charge in [-0.3, -0.25) is 9.69 Å². The molecule has 0 bridgehead atoms. The van der Waals surface area contributed by atoms with Gasteiger partial charge in [-0.1, -0.05) is 24.3 Å². The number of nitrogens with one attached hydrogen (secondary N) is 1. The highest BCUT2D eigenvalue weighted by Crippen LogP contribution is 2.34. The lowest BCUT2D eigenvalue weighted by Gasteiger charge is -2.28. The van der Waals surface area contributed by atoms with Crippen molar-refractivity contribution in [1.82, 2.24) is 4.90 Å².